The first-order chi connectivity index (χ1) is 11.6. The molecular formula is C18H14ClNO4. The Morgan fingerprint density at radius 2 is 1.79 bits per heavy atom. The summed E-state index contributed by atoms with van der Waals surface area (Å²) in [5, 5.41) is 4.37. The van der Waals surface area contributed by atoms with E-state index in [9.17, 15) is 4.79 Å². The van der Waals surface area contributed by atoms with E-state index in [4.69, 9.17) is 25.6 Å². The Morgan fingerprint density at radius 1 is 1.08 bits per heavy atom. The highest BCUT2D eigenvalue weighted by atomic mass is 35.5. The highest BCUT2D eigenvalue weighted by Gasteiger charge is 2.16. The number of aromatic nitrogens is 1. The van der Waals surface area contributed by atoms with Crippen LogP contribution in [-0.4, -0.2) is 18.2 Å². The van der Waals surface area contributed by atoms with Gasteiger partial charge in [0, 0.05) is 16.7 Å². The molecule has 0 fully saturated rings. The van der Waals surface area contributed by atoms with Crippen LogP contribution in [0, 0.1) is 6.92 Å². The molecule has 0 bridgehead atoms. The molecule has 3 rings (SSSR count). The van der Waals surface area contributed by atoms with E-state index in [1.54, 1.807) is 37.4 Å². The van der Waals surface area contributed by atoms with Crippen LogP contribution < -0.4 is 9.47 Å². The van der Waals surface area contributed by atoms with Gasteiger partial charge in [-0.2, -0.15) is 0 Å². The number of hydrogen-bond donors (Lipinski definition) is 0. The first kappa shape index (κ1) is 16.1. The number of carbonyl (C=O) groups excluding carboxylic acids is 1. The minimum absolute atomic E-state index is 0.0911. The molecule has 0 saturated carbocycles. The number of aryl methyl sites for hydroxylation is 1. The van der Waals surface area contributed by atoms with Crippen LogP contribution in [0.3, 0.4) is 0 Å². The molecule has 3 aromatic rings. The van der Waals surface area contributed by atoms with Crippen molar-refractivity contribution < 1.29 is 18.8 Å². The summed E-state index contributed by atoms with van der Waals surface area (Å²) in [6, 6.07) is 13.7. The van der Waals surface area contributed by atoms with Crippen LogP contribution >= 0.6 is 11.6 Å². The summed E-state index contributed by atoms with van der Waals surface area (Å²) < 4.78 is 15.6. The molecule has 0 atom stereocenters. The van der Waals surface area contributed by atoms with E-state index >= 15 is 0 Å². The Balaban J connectivity index is 1.76. The third-order valence-electron chi connectivity index (χ3n) is 3.43. The normalized spacial score (nSPS) is 10.5. The molecule has 0 radical (unpaired) electrons. The molecule has 1 aromatic heterocycles. The molecule has 2 aromatic carbocycles. The Kier molecular flexibility index (Phi) is 4.53. The Bertz CT molecular complexity index is 871. The molecule has 0 saturated heterocycles. The SMILES string of the molecule is COc1ccc(-c2cc(C(=O)Oc3ccc(Cl)c(C)c3)no2)cc1. The fraction of sp³-hybridized carbons (Fsp3) is 0.111. The van der Waals surface area contributed by atoms with Crippen molar-refractivity contribution in [2.75, 3.05) is 7.11 Å². The zero-order valence-corrected chi connectivity index (χ0v) is 13.8. The van der Waals surface area contributed by atoms with Crippen molar-refractivity contribution in [2.24, 2.45) is 0 Å². The van der Waals surface area contributed by atoms with Gasteiger partial charge in [0.05, 0.1) is 7.11 Å². The molecule has 0 N–H and O–H groups in total. The van der Waals surface area contributed by atoms with E-state index in [0.717, 1.165) is 16.9 Å². The lowest BCUT2D eigenvalue weighted by Crippen LogP contribution is -2.08. The quantitative estimate of drug-likeness (QED) is 0.514. The number of hydrogen-bond acceptors (Lipinski definition) is 5. The molecule has 0 unspecified atom stereocenters. The van der Waals surface area contributed by atoms with E-state index in [0.29, 0.717) is 16.5 Å². The Labute approximate surface area is 143 Å². The topological polar surface area (TPSA) is 61.6 Å². The third-order valence-corrected chi connectivity index (χ3v) is 3.86. The van der Waals surface area contributed by atoms with Gasteiger partial charge in [0.1, 0.15) is 11.5 Å². The van der Waals surface area contributed by atoms with Gasteiger partial charge in [0.2, 0.25) is 0 Å². The van der Waals surface area contributed by atoms with E-state index in [2.05, 4.69) is 5.16 Å². The molecule has 5 nitrogen and oxygen atoms in total. The molecule has 0 aliphatic carbocycles. The van der Waals surface area contributed by atoms with Crippen LogP contribution in [0.25, 0.3) is 11.3 Å². The van der Waals surface area contributed by atoms with Crippen LogP contribution in [-0.2, 0) is 0 Å². The summed E-state index contributed by atoms with van der Waals surface area (Å²) in [5.74, 6) is 1.00. The number of benzene rings is 2. The van der Waals surface area contributed by atoms with Crippen molar-refractivity contribution in [2.45, 2.75) is 6.92 Å². The first-order valence-electron chi connectivity index (χ1n) is 7.16. The van der Waals surface area contributed by atoms with Crippen molar-refractivity contribution in [3.8, 4) is 22.8 Å². The van der Waals surface area contributed by atoms with E-state index < -0.39 is 5.97 Å². The zero-order valence-electron chi connectivity index (χ0n) is 13.1. The second kappa shape index (κ2) is 6.76. The Morgan fingerprint density at radius 3 is 2.46 bits per heavy atom. The maximum atomic E-state index is 12.2. The minimum Gasteiger partial charge on any atom is -0.497 e. The number of methoxy groups -OCH3 is 1. The molecule has 0 aliphatic heterocycles. The van der Waals surface area contributed by atoms with Crippen molar-refractivity contribution in [3.63, 3.8) is 0 Å². The lowest BCUT2D eigenvalue weighted by Gasteiger charge is -2.03. The molecule has 122 valence electrons. The zero-order chi connectivity index (χ0) is 17.1. The fourth-order valence-electron chi connectivity index (χ4n) is 2.10. The van der Waals surface area contributed by atoms with Gasteiger partial charge in [-0.1, -0.05) is 16.8 Å². The van der Waals surface area contributed by atoms with Crippen molar-refractivity contribution in [1.29, 1.82) is 0 Å². The van der Waals surface area contributed by atoms with Crippen molar-refractivity contribution >= 4 is 17.6 Å². The lowest BCUT2D eigenvalue weighted by molar-refractivity contribution is 0.0724. The standard InChI is InChI=1S/C18H14ClNO4/c1-11-9-14(7-8-15(11)19)23-18(21)16-10-17(24-20-16)12-3-5-13(22-2)6-4-12/h3-10H,1-2H3. The summed E-state index contributed by atoms with van der Waals surface area (Å²) in [5.41, 5.74) is 1.69. The van der Waals surface area contributed by atoms with Crippen molar-refractivity contribution in [3.05, 3.63) is 64.8 Å². The maximum absolute atomic E-state index is 12.2. The highest BCUT2D eigenvalue weighted by molar-refractivity contribution is 6.31. The summed E-state index contributed by atoms with van der Waals surface area (Å²) >= 11 is 5.95. The molecule has 6 heteroatoms. The van der Waals surface area contributed by atoms with Gasteiger partial charge in [0.25, 0.3) is 0 Å². The smallest absolute Gasteiger partial charge is 0.365 e. The maximum Gasteiger partial charge on any atom is 0.365 e. The number of ether oxygens (including phenoxy) is 2. The number of rotatable bonds is 4. The highest BCUT2D eigenvalue weighted by Crippen LogP contribution is 2.25. The molecule has 0 aliphatic rings. The molecular weight excluding hydrogens is 330 g/mol. The number of halogens is 1. The van der Waals surface area contributed by atoms with Gasteiger partial charge in [-0.3, -0.25) is 0 Å². The predicted molar refractivity (Wildman–Crippen MR) is 89.6 cm³/mol. The summed E-state index contributed by atoms with van der Waals surface area (Å²) in [6.45, 7) is 1.83. The first-order valence-corrected chi connectivity index (χ1v) is 7.54. The summed E-state index contributed by atoms with van der Waals surface area (Å²) in [4.78, 5) is 12.2. The lowest BCUT2D eigenvalue weighted by atomic mass is 10.1. The van der Waals surface area contributed by atoms with Crippen LogP contribution in [0.4, 0.5) is 0 Å². The number of esters is 1. The third kappa shape index (κ3) is 3.41. The monoisotopic (exact) mass is 343 g/mol. The van der Waals surface area contributed by atoms with Gasteiger partial charge in [0.15, 0.2) is 11.5 Å². The average molecular weight is 344 g/mol. The van der Waals surface area contributed by atoms with Crippen LogP contribution in [0.5, 0.6) is 11.5 Å². The minimum atomic E-state index is -0.597. The molecule has 0 amide bonds. The number of nitrogens with zero attached hydrogens (tertiary/aromatic N) is 1. The second-order valence-electron chi connectivity index (χ2n) is 5.11. The Hall–Kier alpha value is -2.79. The van der Waals surface area contributed by atoms with E-state index in [1.807, 2.05) is 19.1 Å². The van der Waals surface area contributed by atoms with Crippen molar-refractivity contribution in [1.82, 2.24) is 5.16 Å². The van der Waals surface area contributed by atoms with Crippen LogP contribution in [0.1, 0.15) is 16.1 Å². The van der Waals surface area contributed by atoms with Gasteiger partial charge < -0.3 is 14.0 Å². The van der Waals surface area contributed by atoms with Gasteiger partial charge in [-0.05, 0) is 55.0 Å². The van der Waals surface area contributed by atoms with Crippen LogP contribution in [0.2, 0.25) is 5.02 Å². The van der Waals surface area contributed by atoms with E-state index in [1.165, 1.54) is 6.07 Å². The summed E-state index contributed by atoms with van der Waals surface area (Å²) in [6.07, 6.45) is 0. The van der Waals surface area contributed by atoms with Crippen LogP contribution in [0.15, 0.2) is 53.1 Å². The molecule has 0 spiro atoms. The van der Waals surface area contributed by atoms with Gasteiger partial charge in [-0.25, -0.2) is 4.79 Å². The molecule has 1 heterocycles. The van der Waals surface area contributed by atoms with Gasteiger partial charge in [-0.15, -0.1) is 0 Å². The van der Waals surface area contributed by atoms with Gasteiger partial charge >= 0.3 is 5.97 Å². The average Bonchev–Trinajstić information content (AvgIpc) is 3.08. The number of carbonyl (C=O) groups is 1. The predicted octanol–water partition coefficient (Wildman–Crippen LogP) is 4.53. The fourth-order valence-corrected chi connectivity index (χ4v) is 2.22. The van der Waals surface area contributed by atoms with E-state index in [-0.39, 0.29) is 5.69 Å². The second-order valence-corrected chi connectivity index (χ2v) is 5.51. The largest absolute Gasteiger partial charge is 0.497 e. The summed E-state index contributed by atoms with van der Waals surface area (Å²) in [7, 11) is 1.59. The molecule has 24 heavy (non-hydrogen) atoms.